The van der Waals surface area contributed by atoms with Crippen molar-refractivity contribution >= 4 is 11.9 Å². The van der Waals surface area contributed by atoms with Gasteiger partial charge in [0.2, 0.25) is 11.9 Å². The molecule has 1 aliphatic carbocycles. The number of nitrogens with two attached hydrogens (primary N) is 1. The quantitative estimate of drug-likeness (QED) is 0.925. The summed E-state index contributed by atoms with van der Waals surface area (Å²) in [4.78, 5) is 13.8. The van der Waals surface area contributed by atoms with Gasteiger partial charge in [-0.15, -0.1) is 10.2 Å². The van der Waals surface area contributed by atoms with E-state index in [1.807, 2.05) is 13.0 Å². The number of carbonyl (C=O) groups excluding carboxylic acids is 1. The van der Waals surface area contributed by atoms with Gasteiger partial charge in [0.05, 0.1) is 17.2 Å². The smallest absolute Gasteiger partial charge is 0.227 e. The maximum atomic E-state index is 11.7. The SMILES string of the molecule is CC1(C(N)=O)CCN(c2nnc(-c3ccoc3)n2C2CC2)C1. The molecule has 1 amide bonds. The predicted molar refractivity (Wildman–Crippen MR) is 80.1 cm³/mol. The van der Waals surface area contributed by atoms with Gasteiger partial charge in [-0.1, -0.05) is 0 Å². The maximum Gasteiger partial charge on any atom is 0.227 e. The molecule has 2 aromatic rings. The Hall–Kier alpha value is -2.31. The van der Waals surface area contributed by atoms with Crippen molar-refractivity contribution in [3.63, 3.8) is 0 Å². The van der Waals surface area contributed by atoms with E-state index < -0.39 is 5.41 Å². The fourth-order valence-corrected chi connectivity index (χ4v) is 3.09. The summed E-state index contributed by atoms with van der Waals surface area (Å²) in [7, 11) is 0. The van der Waals surface area contributed by atoms with Crippen molar-refractivity contribution in [1.29, 1.82) is 0 Å². The lowest BCUT2D eigenvalue weighted by atomic mass is 9.89. The van der Waals surface area contributed by atoms with Crippen molar-refractivity contribution in [1.82, 2.24) is 14.8 Å². The van der Waals surface area contributed by atoms with Crippen LogP contribution in [0.25, 0.3) is 11.4 Å². The van der Waals surface area contributed by atoms with Crippen LogP contribution in [-0.4, -0.2) is 33.8 Å². The van der Waals surface area contributed by atoms with Crippen LogP contribution < -0.4 is 10.6 Å². The van der Waals surface area contributed by atoms with E-state index in [9.17, 15) is 4.79 Å². The van der Waals surface area contributed by atoms with Crippen LogP contribution in [-0.2, 0) is 4.79 Å². The Labute approximate surface area is 128 Å². The molecule has 2 fully saturated rings. The van der Waals surface area contributed by atoms with Crippen LogP contribution in [0.1, 0.15) is 32.2 Å². The monoisotopic (exact) mass is 301 g/mol. The molecule has 1 saturated carbocycles. The first-order chi connectivity index (χ1) is 10.6. The molecular weight excluding hydrogens is 282 g/mol. The van der Waals surface area contributed by atoms with E-state index in [0.29, 0.717) is 12.6 Å². The lowest BCUT2D eigenvalue weighted by molar-refractivity contribution is -0.125. The largest absolute Gasteiger partial charge is 0.472 e. The second-order valence-electron chi connectivity index (χ2n) is 6.53. The number of aromatic nitrogens is 3. The second kappa shape index (κ2) is 4.59. The molecule has 1 atom stereocenters. The molecule has 22 heavy (non-hydrogen) atoms. The Morgan fingerprint density at radius 2 is 2.27 bits per heavy atom. The number of hydrogen-bond donors (Lipinski definition) is 1. The van der Waals surface area contributed by atoms with Gasteiger partial charge in [0.1, 0.15) is 6.26 Å². The van der Waals surface area contributed by atoms with Crippen molar-refractivity contribution in [2.24, 2.45) is 11.1 Å². The number of primary amides is 1. The standard InChI is InChI=1S/C15H19N5O2/c1-15(13(16)21)5-6-19(9-15)14-18-17-12(10-4-7-22-8-10)20(14)11-2-3-11/h4,7-8,11H,2-3,5-6,9H2,1H3,(H2,16,21). The molecule has 4 rings (SSSR count). The summed E-state index contributed by atoms with van der Waals surface area (Å²) in [5, 5.41) is 8.74. The highest BCUT2D eigenvalue weighted by Gasteiger charge is 2.42. The summed E-state index contributed by atoms with van der Waals surface area (Å²) < 4.78 is 7.35. The first-order valence-electron chi connectivity index (χ1n) is 7.61. The number of anilines is 1. The van der Waals surface area contributed by atoms with Crippen LogP contribution in [0.15, 0.2) is 23.0 Å². The number of rotatable bonds is 4. The van der Waals surface area contributed by atoms with Crippen LogP contribution >= 0.6 is 0 Å². The Bertz CT molecular complexity index is 704. The number of nitrogens with zero attached hydrogens (tertiary/aromatic N) is 4. The van der Waals surface area contributed by atoms with E-state index in [1.165, 1.54) is 0 Å². The highest BCUT2D eigenvalue weighted by Crippen LogP contribution is 2.42. The Balaban J connectivity index is 1.70. The van der Waals surface area contributed by atoms with E-state index in [4.69, 9.17) is 10.2 Å². The summed E-state index contributed by atoms with van der Waals surface area (Å²) in [6.07, 6.45) is 6.35. The molecule has 0 radical (unpaired) electrons. The van der Waals surface area contributed by atoms with Gasteiger partial charge < -0.3 is 15.1 Å². The van der Waals surface area contributed by atoms with E-state index in [1.54, 1.807) is 12.5 Å². The van der Waals surface area contributed by atoms with Gasteiger partial charge in [-0.2, -0.15) is 0 Å². The molecule has 7 heteroatoms. The third-order valence-corrected chi connectivity index (χ3v) is 4.72. The van der Waals surface area contributed by atoms with Gasteiger partial charge in [0.15, 0.2) is 5.82 Å². The zero-order chi connectivity index (χ0) is 15.3. The topological polar surface area (TPSA) is 90.2 Å². The van der Waals surface area contributed by atoms with E-state index in [-0.39, 0.29) is 5.91 Å². The summed E-state index contributed by atoms with van der Waals surface area (Å²) >= 11 is 0. The Kier molecular flexibility index (Phi) is 2.79. The first-order valence-corrected chi connectivity index (χ1v) is 7.61. The average molecular weight is 301 g/mol. The van der Waals surface area contributed by atoms with Crippen molar-refractivity contribution in [3.05, 3.63) is 18.6 Å². The molecule has 1 saturated heterocycles. The maximum absolute atomic E-state index is 11.7. The van der Waals surface area contributed by atoms with E-state index in [0.717, 1.165) is 43.1 Å². The summed E-state index contributed by atoms with van der Waals surface area (Å²) in [6, 6.07) is 2.33. The minimum Gasteiger partial charge on any atom is -0.472 e. The van der Waals surface area contributed by atoms with Gasteiger partial charge in [0.25, 0.3) is 0 Å². The molecule has 0 bridgehead atoms. The van der Waals surface area contributed by atoms with Crippen molar-refractivity contribution in [2.75, 3.05) is 18.0 Å². The minimum absolute atomic E-state index is 0.248. The fourth-order valence-electron chi connectivity index (χ4n) is 3.09. The molecule has 1 unspecified atom stereocenters. The van der Waals surface area contributed by atoms with E-state index >= 15 is 0 Å². The summed E-state index contributed by atoms with van der Waals surface area (Å²) in [5.74, 6) is 1.42. The summed E-state index contributed by atoms with van der Waals surface area (Å²) in [6.45, 7) is 3.29. The van der Waals surface area contributed by atoms with Gasteiger partial charge >= 0.3 is 0 Å². The molecule has 0 aromatic carbocycles. The van der Waals surface area contributed by atoms with Crippen LogP contribution in [0.2, 0.25) is 0 Å². The first kappa shape index (κ1) is 13.4. The molecule has 2 aromatic heterocycles. The number of furan rings is 1. The number of amides is 1. The van der Waals surface area contributed by atoms with Crippen LogP contribution in [0.3, 0.4) is 0 Å². The van der Waals surface area contributed by atoms with Crippen LogP contribution in [0.5, 0.6) is 0 Å². The zero-order valence-corrected chi connectivity index (χ0v) is 12.5. The molecular formula is C15H19N5O2. The second-order valence-corrected chi connectivity index (χ2v) is 6.53. The minimum atomic E-state index is -0.490. The third kappa shape index (κ3) is 2.00. The summed E-state index contributed by atoms with van der Waals surface area (Å²) in [5.41, 5.74) is 5.99. The molecule has 3 heterocycles. The number of hydrogen-bond acceptors (Lipinski definition) is 5. The van der Waals surface area contributed by atoms with Gasteiger partial charge in [-0.3, -0.25) is 9.36 Å². The molecule has 7 nitrogen and oxygen atoms in total. The van der Waals surface area contributed by atoms with Crippen LogP contribution in [0.4, 0.5) is 5.95 Å². The van der Waals surface area contributed by atoms with Crippen molar-refractivity contribution in [2.45, 2.75) is 32.2 Å². The molecule has 0 spiro atoms. The normalized spacial score (nSPS) is 24.9. The van der Waals surface area contributed by atoms with E-state index in [2.05, 4.69) is 19.7 Å². The van der Waals surface area contributed by atoms with Crippen molar-refractivity contribution in [3.8, 4) is 11.4 Å². The highest BCUT2D eigenvalue weighted by molar-refractivity contribution is 5.82. The molecule has 2 N–H and O–H groups in total. The Morgan fingerprint density at radius 3 is 2.86 bits per heavy atom. The van der Waals surface area contributed by atoms with Gasteiger partial charge in [-0.25, -0.2) is 0 Å². The Morgan fingerprint density at radius 1 is 1.45 bits per heavy atom. The molecule has 116 valence electrons. The molecule has 1 aliphatic heterocycles. The number of carbonyl (C=O) groups is 1. The van der Waals surface area contributed by atoms with Crippen LogP contribution in [0, 0.1) is 5.41 Å². The fraction of sp³-hybridized carbons (Fsp3) is 0.533. The third-order valence-electron chi connectivity index (χ3n) is 4.72. The van der Waals surface area contributed by atoms with Gasteiger partial charge in [-0.05, 0) is 32.3 Å². The highest BCUT2D eigenvalue weighted by atomic mass is 16.3. The zero-order valence-electron chi connectivity index (χ0n) is 12.5. The predicted octanol–water partition coefficient (Wildman–Crippen LogP) is 1.57. The molecule has 2 aliphatic rings. The lowest BCUT2D eigenvalue weighted by Gasteiger charge is -2.22. The average Bonchev–Trinajstić information content (AvgIpc) is 2.95. The lowest BCUT2D eigenvalue weighted by Crippen LogP contribution is -2.37. The van der Waals surface area contributed by atoms with Gasteiger partial charge in [0, 0.05) is 19.1 Å². The van der Waals surface area contributed by atoms with Crippen molar-refractivity contribution < 1.29 is 9.21 Å².